The first-order valence-electron chi connectivity index (χ1n) is 6.49. The van der Waals surface area contributed by atoms with E-state index in [1.807, 2.05) is 6.92 Å². The minimum atomic E-state index is -3.51. The Bertz CT molecular complexity index is 532. The second kappa shape index (κ2) is 9.73. The Morgan fingerprint density at radius 3 is 2.38 bits per heavy atom. The molecule has 1 amide bonds. The number of hydrogen-bond donors (Lipinski definition) is 3. The minimum Gasteiger partial charge on any atom is -0.355 e. The van der Waals surface area contributed by atoms with Crippen molar-refractivity contribution in [1.29, 1.82) is 0 Å². The van der Waals surface area contributed by atoms with Gasteiger partial charge in [-0.05, 0) is 32.0 Å². The minimum absolute atomic E-state index is 0. The highest BCUT2D eigenvalue weighted by Crippen LogP contribution is 2.09. The molecule has 0 aliphatic carbocycles. The molecule has 0 unspecified atom stereocenters. The number of hydrogen-bond acceptors (Lipinski definition) is 4. The maximum atomic E-state index is 11.9. The highest BCUT2D eigenvalue weighted by molar-refractivity contribution is 7.89. The van der Waals surface area contributed by atoms with Crippen LogP contribution in [0, 0.1) is 6.92 Å². The largest absolute Gasteiger partial charge is 0.355 e. The smallest absolute Gasteiger partial charge is 0.240 e. The van der Waals surface area contributed by atoms with E-state index in [2.05, 4.69) is 10.0 Å². The second-order valence-corrected chi connectivity index (χ2v) is 6.22. The summed E-state index contributed by atoms with van der Waals surface area (Å²) in [5, 5.41) is 2.63. The Morgan fingerprint density at radius 1 is 1.19 bits per heavy atom. The number of carbonyl (C=O) groups is 1. The molecule has 0 radical (unpaired) electrons. The van der Waals surface area contributed by atoms with Crippen molar-refractivity contribution < 1.29 is 13.2 Å². The molecular weight excluding hydrogens is 314 g/mol. The first-order chi connectivity index (χ1) is 9.45. The molecule has 1 aromatic carbocycles. The van der Waals surface area contributed by atoms with Gasteiger partial charge in [0.05, 0.1) is 4.90 Å². The van der Waals surface area contributed by atoms with Gasteiger partial charge >= 0.3 is 0 Å². The number of nitrogens with one attached hydrogen (secondary N) is 2. The van der Waals surface area contributed by atoms with Crippen LogP contribution in [0.15, 0.2) is 29.2 Å². The summed E-state index contributed by atoms with van der Waals surface area (Å²) < 4.78 is 26.3. The summed E-state index contributed by atoms with van der Waals surface area (Å²) in [5.74, 6) is -0.120. The predicted octanol–water partition coefficient (Wildman–Crippen LogP) is 0.550. The van der Waals surface area contributed by atoms with Crippen molar-refractivity contribution in [2.75, 3.05) is 19.6 Å². The number of aryl methyl sites for hydroxylation is 1. The first-order valence-corrected chi connectivity index (χ1v) is 7.97. The van der Waals surface area contributed by atoms with Gasteiger partial charge in [0.15, 0.2) is 0 Å². The van der Waals surface area contributed by atoms with Crippen LogP contribution < -0.4 is 15.8 Å². The lowest BCUT2D eigenvalue weighted by molar-refractivity contribution is -0.121. The summed E-state index contributed by atoms with van der Waals surface area (Å²) in [6.07, 6.45) is 0.988. The summed E-state index contributed by atoms with van der Waals surface area (Å²) in [6, 6.07) is 6.58. The van der Waals surface area contributed by atoms with Crippen molar-refractivity contribution >= 4 is 28.3 Å². The normalized spacial score (nSPS) is 10.8. The fourth-order valence-electron chi connectivity index (χ4n) is 1.54. The summed E-state index contributed by atoms with van der Waals surface area (Å²) >= 11 is 0. The van der Waals surface area contributed by atoms with Crippen molar-refractivity contribution in [1.82, 2.24) is 10.0 Å². The van der Waals surface area contributed by atoms with E-state index in [4.69, 9.17) is 5.73 Å². The van der Waals surface area contributed by atoms with E-state index < -0.39 is 10.0 Å². The van der Waals surface area contributed by atoms with Crippen LogP contribution >= 0.6 is 12.4 Å². The predicted molar refractivity (Wildman–Crippen MR) is 84.9 cm³/mol. The van der Waals surface area contributed by atoms with Crippen LogP contribution in [0.2, 0.25) is 0 Å². The summed E-state index contributed by atoms with van der Waals surface area (Å²) in [7, 11) is -3.51. The fourth-order valence-corrected chi connectivity index (χ4v) is 2.57. The lowest BCUT2D eigenvalue weighted by atomic mass is 10.2. The van der Waals surface area contributed by atoms with Gasteiger partial charge in [-0.25, -0.2) is 13.1 Å². The molecule has 6 nitrogen and oxygen atoms in total. The molecule has 0 heterocycles. The zero-order valence-electron chi connectivity index (χ0n) is 12.0. The molecule has 0 bridgehead atoms. The van der Waals surface area contributed by atoms with Gasteiger partial charge in [0, 0.05) is 19.5 Å². The second-order valence-electron chi connectivity index (χ2n) is 4.45. The van der Waals surface area contributed by atoms with Crippen LogP contribution in [-0.4, -0.2) is 34.0 Å². The van der Waals surface area contributed by atoms with Crippen LogP contribution in [0.1, 0.15) is 18.4 Å². The summed E-state index contributed by atoms with van der Waals surface area (Å²) in [4.78, 5) is 11.5. The van der Waals surface area contributed by atoms with Gasteiger partial charge in [-0.2, -0.15) is 0 Å². The standard InChI is InChI=1S/C13H21N3O3S.ClH/c1-11-4-6-12(7-5-11)20(18,19)16-10-9-15-13(17)3-2-8-14;/h4-7,16H,2-3,8-10,14H2,1H3,(H,15,17);1H. The first kappa shape index (κ1) is 19.9. The third kappa shape index (κ3) is 7.42. The average molecular weight is 336 g/mol. The molecule has 1 aromatic rings. The molecule has 1 rings (SSSR count). The van der Waals surface area contributed by atoms with Crippen molar-refractivity contribution in [3.8, 4) is 0 Å². The molecule has 8 heteroatoms. The van der Waals surface area contributed by atoms with E-state index in [0.717, 1.165) is 5.56 Å². The van der Waals surface area contributed by atoms with Gasteiger partial charge in [0.2, 0.25) is 15.9 Å². The fraction of sp³-hybridized carbons (Fsp3) is 0.462. The lowest BCUT2D eigenvalue weighted by Crippen LogP contribution is -2.34. The third-order valence-electron chi connectivity index (χ3n) is 2.68. The van der Waals surface area contributed by atoms with E-state index >= 15 is 0 Å². The number of halogens is 1. The van der Waals surface area contributed by atoms with Gasteiger partial charge in [-0.3, -0.25) is 4.79 Å². The molecule has 0 spiro atoms. The van der Waals surface area contributed by atoms with E-state index in [9.17, 15) is 13.2 Å². The van der Waals surface area contributed by atoms with Crippen molar-refractivity contribution in [2.24, 2.45) is 5.73 Å². The molecular formula is C13H22ClN3O3S. The average Bonchev–Trinajstić information content (AvgIpc) is 2.42. The Balaban J connectivity index is 0.00000400. The Hall–Kier alpha value is -1.15. The van der Waals surface area contributed by atoms with E-state index in [1.165, 1.54) is 0 Å². The lowest BCUT2D eigenvalue weighted by Gasteiger charge is -2.08. The highest BCUT2D eigenvalue weighted by Gasteiger charge is 2.12. The zero-order chi connectivity index (χ0) is 15.0. The summed E-state index contributed by atoms with van der Waals surface area (Å²) in [6.45, 7) is 2.77. The van der Waals surface area contributed by atoms with E-state index in [-0.39, 0.29) is 36.3 Å². The number of amides is 1. The zero-order valence-corrected chi connectivity index (χ0v) is 13.6. The van der Waals surface area contributed by atoms with Crippen LogP contribution in [-0.2, 0) is 14.8 Å². The molecule has 21 heavy (non-hydrogen) atoms. The van der Waals surface area contributed by atoms with Gasteiger partial charge < -0.3 is 11.1 Å². The summed E-state index contributed by atoms with van der Waals surface area (Å²) in [5.41, 5.74) is 6.29. The number of nitrogens with two attached hydrogens (primary N) is 1. The number of sulfonamides is 1. The van der Waals surface area contributed by atoms with E-state index in [1.54, 1.807) is 24.3 Å². The van der Waals surface area contributed by atoms with Crippen LogP contribution in [0.5, 0.6) is 0 Å². The molecule has 120 valence electrons. The van der Waals surface area contributed by atoms with Crippen molar-refractivity contribution in [3.05, 3.63) is 29.8 Å². The SMILES string of the molecule is Cc1ccc(S(=O)(=O)NCCNC(=O)CCCN)cc1.Cl. The van der Waals surface area contributed by atoms with Gasteiger partial charge in [-0.1, -0.05) is 17.7 Å². The maximum Gasteiger partial charge on any atom is 0.240 e. The topological polar surface area (TPSA) is 101 Å². The molecule has 0 aliphatic rings. The molecule has 4 N–H and O–H groups in total. The van der Waals surface area contributed by atoms with Crippen molar-refractivity contribution in [3.63, 3.8) is 0 Å². The number of rotatable bonds is 8. The maximum absolute atomic E-state index is 11.9. The van der Waals surface area contributed by atoms with Gasteiger partial charge in [-0.15, -0.1) is 12.4 Å². The molecule has 0 saturated carbocycles. The quantitative estimate of drug-likeness (QED) is 0.604. The Labute approximate surface area is 132 Å². The highest BCUT2D eigenvalue weighted by atomic mass is 35.5. The van der Waals surface area contributed by atoms with Crippen LogP contribution in [0.4, 0.5) is 0 Å². The monoisotopic (exact) mass is 335 g/mol. The Morgan fingerprint density at radius 2 is 1.81 bits per heavy atom. The van der Waals surface area contributed by atoms with Crippen LogP contribution in [0.3, 0.4) is 0 Å². The van der Waals surface area contributed by atoms with Crippen molar-refractivity contribution in [2.45, 2.75) is 24.7 Å². The molecule has 0 atom stereocenters. The molecule has 0 saturated heterocycles. The molecule has 0 aromatic heterocycles. The number of carbonyl (C=O) groups excluding carboxylic acids is 1. The Kier molecular flexibility index (Phi) is 9.19. The third-order valence-corrected chi connectivity index (χ3v) is 4.16. The molecule has 0 fully saturated rings. The van der Waals surface area contributed by atoms with E-state index in [0.29, 0.717) is 19.4 Å². The van der Waals surface area contributed by atoms with Gasteiger partial charge in [0.1, 0.15) is 0 Å². The van der Waals surface area contributed by atoms with Gasteiger partial charge in [0.25, 0.3) is 0 Å². The van der Waals surface area contributed by atoms with Crippen LogP contribution in [0.25, 0.3) is 0 Å². The number of benzene rings is 1. The molecule has 0 aliphatic heterocycles.